The third-order valence-corrected chi connectivity index (χ3v) is 5.27. The summed E-state index contributed by atoms with van der Waals surface area (Å²) < 4.78 is 15.9. The lowest BCUT2D eigenvalue weighted by Crippen LogP contribution is -2.14. The molecule has 0 bridgehead atoms. The van der Waals surface area contributed by atoms with Gasteiger partial charge in [0, 0.05) is 17.1 Å². The number of aromatic nitrogens is 1. The van der Waals surface area contributed by atoms with E-state index in [9.17, 15) is 14.4 Å². The summed E-state index contributed by atoms with van der Waals surface area (Å²) in [6.07, 6.45) is 4.95. The normalized spacial score (nSPS) is 11.3. The van der Waals surface area contributed by atoms with E-state index in [1.165, 1.54) is 36.6 Å². The van der Waals surface area contributed by atoms with Crippen LogP contribution in [-0.2, 0) is 11.2 Å². The van der Waals surface area contributed by atoms with Crippen molar-refractivity contribution in [3.63, 3.8) is 0 Å². The second kappa shape index (κ2) is 9.90. The monoisotopic (exact) mass is 415 g/mol. The molecule has 1 heterocycles. The van der Waals surface area contributed by atoms with Crippen LogP contribution >= 0.6 is 0 Å². The minimum Gasteiger partial charge on any atom is -0.319 e. The van der Waals surface area contributed by atoms with Gasteiger partial charge in [0.25, 0.3) is 5.91 Å². The summed E-state index contributed by atoms with van der Waals surface area (Å²) in [4.78, 5) is 12.5. The van der Waals surface area contributed by atoms with Crippen molar-refractivity contribution in [2.75, 3.05) is 5.32 Å². The molecule has 2 aromatic carbocycles. The van der Waals surface area contributed by atoms with E-state index in [0.717, 1.165) is 29.1 Å². The van der Waals surface area contributed by atoms with E-state index in [2.05, 4.69) is 41.1 Å². The Morgan fingerprint density at radius 1 is 1.16 bits per heavy atom. The summed E-state index contributed by atoms with van der Waals surface area (Å²) in [7, 11) is 0. The molecule has 1 aromatic heterocycles. The number of amides is 1. The third-order valence-electron chi connectivity index (χ3n) is 5.27. The first-order valence-corrected chi connectivity index (χ1v) is 10.4. The number of para-hydroxylation sites is 1. The highest BCUT2D eigenvalue weighted by atomic mass is 19.1. The van der Waals surface area contributed by atoms with E-state index in [-0.39, 0.29) is 11.3 Å². The summed E-state index contributed by atoms with van der Waals surface area (Å²) in [6, 6.07) is 18.2. The number of halogens is 1. The van der Waals surface area contributed by atoms with Gasteiger partial charge in [-0.15, -0.1) is 0 Å². The van der Waals surface area contributed by atoms with E-state index in [1.54, 1.807) is 12.1 Å². The van der Waals surface area contributed by atoms with Crippen molar-refractivity contribution in [3.8, 4) is 11.8 Å². The van der Waals surface area contributed by atoms with Crippen molar-refractivity contribution in [3.05, 3.63) is 88.5 Å². The first kappa shape index (κ1) is 22.0. The molecule has 158 valence electrons. The van der Waals surface area contributed by atoms with E-state index >= 15 is 0 Å². The molecule has 0 saturated heterocycles. The molecule has 0 unspecified atom stereocenters. The first-order chi connectivity index (χ1) is 14.9. The molecule has 0 aliphatic heterocycles. The molecule has 0 aliphatic carbocycles. The number of carbonyl (C=O) groups excluding carboxylic acids is 1. The number of nitrogens with zero attached hydrogens (tertiary/aromatic N) is 2. The zero-order chi connectivity index (χ0) is 22.4. The van der Waals surface area contributed by atoms with Gasteiger partial charge in [-0.3, -0.25) is 4.79 Å². The maximum absolute atomic E-state index is 13.8. The fourth-order valence-corrected chi connectivity index (χ4v) is 3.58. The third kappa shape index (κ3) is 5.10. The second-order valence-corrected chi connectivity index (χ2v) is 7.54. The van der Waals surface area contributed by atoms with Crippen molar-refractivity contribution in [1.29, 1.82) is 5.26 Å². The van der Waals surface area contributed by atoms with Crippen LogP contribution in [0.15, 0.2) is 60.2 Å². The molecular formula is C26H26FN3O. The standard InChI is InChI=1S/C26H26FN3O/c1-4-5-8-20-11-13-23(14-12-20)30-18(2)15-21(19(30)3)16-22(17-28)26(31)29-25-10-7-6-9-24(25)27/h6-7,9-16H,4-5,8H2,1-3H3,(H,29,31)/b22-16-. The van der Waals surface area contributed by atoms with E-state index < -0.39 is 11.7 Å². The molecule has 4 nitrogen and oxygen atoms in total. The molecule has 0 spiro atoms. The van der Waals surface area contributed by atoms with Crippen molar-refractivity contribution < 1.29 is 9.18 Å². The van der Waals surface area contributed by atoms with E-state index in [1.807, 2.05) is 26.0 Å². The van der Waals surface area contributed by atoms with Gasteiger partial charge in [0.2, 0.25) is 0 Å². The zero-order valence-electron chi connectivity index (χ0n) is 18.1. The van der Waals surface area contributed by atoms with E-state index in [0.29, 0.717) is 0 Å². The zero-order valence-corrected chi connectivity index (χ0v) is 18.1. The molecule has 0 atom stereocenters. The Morgan fingerprint density at radius 3 is 2.52 bits per heavy atom. The predicted octanol–water partition coefficient (Wildman–Crippen LogP) is 6.12. The molecule has 1 amide bonds. The number of carbonyl (C=O) groups is 1. The topological polar surface area (TPSA) is 57.8 Å². The molecule has 0 saturated carbocycles. The molecule has 3 aromatic rings. The van der Waals surface area contributed by atoms with Crippen molar-refractivity contribution in [1.82, 2.24) is 4.57 Å². The van der Waals surface area contributed by atoms with Crippen LogP contribution in [0.4, 0.5) is 10.1 Å². The van der Waals surface area contributed by atoms with Crippen LogP contribution in [0.5, 0.6) is 0 Å². The number of nitriles is 1. The van der Waals surface area contributed by atoms with Gasteiger partial charge in [-0.2, -0.15) is 5.26 Å². The highest BCUT2D eigenvalue weighted by Crippen LogP contribution is 2.24. The van der Waals surface area contributed by atoms with Crippen molar-refractivity contribution >= 4 is 17.7 Å². The van der Waals surface area contributed by atoms with E-state index in [4.69, 9.17) is 0 Å². The first-order valence-electron chi connectivity index (χ1n) is 10.4. The van der Waals surface area contributed by atoms with Gasteiger partial charge in [-0.1, -0.05) is 37.6 Å². The molecule has 0 radical (unpaired) electrons. The lowest BCUT2D eigenvalue weighted by Gasteiger charge is -2.11. The summed E-state index contributed by atoms with van der Waals surface area (Å²) in [5.41, 5.74) is 4.99. The summed E-state index contributed by atoms with van der Waals surface area (Å²) in [5.74, 6) is -1.19. The smallest absolute Gasteiger partial charge is 0.266 e. The van der Waals surface area contributed by atoms with Crippen LogP contribution in [0, 0.1) is 31.0 Å². The summed E-state index contributed by atoms with van der Waals surface area (Å²) in [5, 5.41) is 12.0. The number of rotatable bonds is 7. The molecular weight excluding hydrogens is 389 g/mol. The molecule has 1 N–H and O–H groups in total. The van der Waals surface area contributed by atoms with Crippen molar-refractivity contribution in [2.45, 2.75) is 40.0 Å². The average Bonchev–Trinajstić information content (AvgIpc) is 3.05. The highest BCUT2D eigenvalue weighted by molar-refractivity contribution is 6.09. The van der Waals surface area contributed by atoms with Gasteiger partial charge in [0.05, 0.1) is 5.69 Å². The number of anilines is 1. The Morgan fingerprint density at radius 2 is 1.87 bits per heavy atom. The number of hydrogen-bond acceptors (Lipinski definition) is 2. The van der Waals surface area contributed by atoms with Gasteiger partial charge in [0.15, 0.2) is 0 Å². The molecule has 0 aliphatic rings. The van der Waals surface area contributed by atoms with Crippen LogP contribution in [-0.4, -0.2) is 10.5 Å². The Labute approximate surface area is 182 Å². The second-order valence-electron chi connectivity index (χ2n) is 7.54. The van der Waals surface area contributed by atoms with Crippen molar-refractivity contribution in [2.24, 2.45) is 0 Å². The number of nitrogens with one attached hydrogen (secondary N) is 1. The fourth-order valence-electron chi connectivity index (χ4n) is 3.58. The van der Waals surface area contributed by atoms with Gasteiger partial charge < -0.3 is 9.88 Å². The maximum Gasteiger partial charge on any atom is 0.266 e. The van der Waals surface area contributed by atoms with Gasteiger partial charge in [-0.25, -0.2) is 4.39 Å². The number of unbranched alkanes of at least 4 members (excludes halogenated alkanes) is 1. The summed E-state index contributed by atoms with van der Waals surface area (Å²) in [6.45, 7) is 6.12. The number of hydrogen-bond donors (Lipinski definition) is 1. The Bertz CT molecular complexity index is 1150. The highest BCUT2D eigenvalue weighted by Gasteiger charge is 2.15. The predicted molar refractivity (Wildman–Crippen MR) is 122 cm³/mol. The quantitative estimate of drug-likeness (QED) is 0.373. The number of benzene rings is 2. The lowest BCUT2D eigenvalue weighted by atomic mass is 10.1. The van der Waals surface area contributed by atoms with Crippen LogP contribution in [0.2, 0.25) is 0 Å². The molecule has 0 fully saturated rings. The Hall–Kier alpha value is -3.65. The summed E-state index contributed by atoms with van der Waals surface area (Å²) >= 11 is 0. The fraction of sp³-hybridized carbons (Fsp3) is 0.231. The maximum atomic E-state index is 13.8. The molecule has 5 heteroatoms. The SMILES string of the molecule is CCCCc1ccc(-n2c(C)cc(/C=C(/C#N)C(=O)Nc3ccccc3F)c2C)cc1. The Kier molecular flexibility index (Phi) is 7.04. The van der Waals surface area contributed by atoms with Crippen LogP contribution < -0.4 is 5.32 Å². The minimum atomic E-state index is -0.641. The largest absolute Gasteiger partial charge is 0.319 e. The lowest BCUT2D eigenvalue weighted by molar-refractivity contribution is -0.112. The number of aryl methyl sites for hydroxylation is 2. The van der Waals surface area contributed by atoms with Gasteiger partial charge >= 0.3 is 0 Å². The molecule has 31 heavy (non-hydrogen) atoms. The van der Waals surface area contributed by atoms with Gasteiger partial charge in [0.1, 0.15) is 17.5 Å². The minimum absolute atomic E-state index is 0.0438. The average molecular weight is 416 g/mol. The van der Waals surface area contributed by atoms with Crippen LogP contribution in [0.3, 0.4) is 0 Å². The van der Waals surface area contributed by atoms with Crippen LogP contribution in [0.1, 0.15) is 42.3 Å². The van der Waals surface area contributed by atoms with Crippen LogP contribution in [0.25, 0.3) is 11.8 Å². The molecule has 3 rings (SSSR count). The Balaban J connectivity index is 1.87. The van der Waals surface area contributed by atoms with Gasteiger partial charge in [-0.05, 0) is 74.2 Å².